The van der Waals surface area contributed by atoms with Crippen LogP contribution >= 0.6 is 0 Å². The first-order valence-electron chi connectivity index (χ1n) is 6.34. The van der Waals surface area contributed by atoms with Crippen molar-refractivity contribution >= 4 is 0 Å². The van der Waals surface area contributed by atoms with Crippen LogP contribution in [0.3, 0.4) is 0 Å². The number of unbranched alkanes of at least 4 members (excludes halogenated alkanes) is 5. The average molecular weight is 200 g/mol. The van der Waals surface area contributed by atoms with Crippen molar-refractivity contribution in [1.29, 1.82) is 0 Å². The summed E-state index contributed by atoms with van der Waals surface area (Å²) in [6.45, 7) is 6.35. The molecule has 0 aliphatic heterocycles. The Labute approximate surface area is 89.9 Å². The zero-order valence-corrected chi connectivity index (χ0v) is 10.3. The Morgan fingerprint density at radius 3 is 1.93 bits per heavy atom. The molecule has 1 unspecified atom stereocenters. The minimum Gasteiger partial charge on any atom is -0.390 e. The van der Waals surface area contributed by atoms with Crippen molar-refractivity contribution in [3.63, 3.8) is 0 Å². The van der Waals surface area contributed by atoms with Crippen molar-refractivity contribution in [3.05, 3.63) is 0 Å². The summed E-state index contributed by atoms with van der Waals surface area (Å²) in [4.78, 5) is 0. The number of aliphatic hydroxyl groups is 1. The molecule has 0 rings (SSSR count). The molecule has 1 heteroatoms. The molecule has 14 heavy (non-hydrogen) atoms. The molecule has 0 saturated heterocycles. The third-order valence-corrected chi connectivity index (χ3v) is 2.86. The summed E-state index contributed by atoms with van der Waals surface area (Å²) in [7, 11) is 0. The molecular weight excluding hydrogens is 172 g/mol. The fraction of sp³-hybridized carbons (Fsp3) is 1.00. The molecule has 0 heterocycles. The van der Waals surface area contributed by atoms with Crippen LogP contribution < -0.4 is 0 Å². The molecule has 0 aliphatic carbocycles. The lowest BCUT2D eigenvalue weighted by atomic mass is 9.93. The van der Waals surface area contributed by atoms with E-state index in [9.17, 15) is 5.11 Å². The van der Waals surface area contributed by atoms with Crippen LogP contribution in [0.15, 0.2) is 0 Å². The van der Waals surface area contributed by atoms with Gasteiger partial charge in [-0.05, 0) is 19.8 Å². The number of hydrogen-bond donors (Lipinski definition) is 1. The highest BCUT2D eigenvalue weighted by Crippen LogP contribution is 2.20. The van der Waals surface area contributed by atoms with E-state index in [0.717, 1.165) is 19.3 Å². The van der Waals surface area contributed by atoms with Crippen LogP contribution in [0.25, 0.3) is 0 Å². The SMILES string of the molecule is CCCCCCCCC(C)(O)CCC. The van der Waals surface area contributed by atoms with E-state index in [0.29, 0.717) is 0 Å². The Balaban J connectivity index is 3.26. The van der Waals surface area contributed by atoms with E-state index < -0.39 is 5.60 Å². The fourth-order valence-corrected chi connectivity index (χ4v) is 1.95. The topological polar surface area (TPSA) is 20.2 Å². The maximum atomic E-state index is 9.92. The van der Waals surface area contributed by atoms with Gasteiger partial charge in [0.25, 0.3) is 0 Å². The second-order valence-corrected chi connectivity index (χ2v) is 4.76. The first kappa shape index (κ1) is 14.0. The van der Waals surface area contributed by atoms with E-state index in [-0.39, 0.29) is 0 Å². The molecule has 0 fully saturated rings. The highest BCUT2D eigenvalue weighted by molar-refractivity contribution is 4.71. The molecule has 1 nitrogen and oxygen atoms in total. The van der Waals surface area contributed by atoms with Crippen LogP contribution in [0.1, 0.15) is 78.6 Å². The van der Waals surface area contributed by atoms with Crippen molar-refractivity contribution in [2.75, 3.05) is 0 Å². The van der Waals surface area contributed by atoms with Crippen LogP contribution in [0.5, 0.6) is 0 Å². The summed E-state index contributed by atoms with van der Waals surface area (Å²) < 4.78 is 0. The largest absolute Gasteiger partial charge is 0.390 e. The van der Waals surface area contributed by atoms with Gasteiger partial charge in [-0.25, -0.2) is 0 Å². The number of hydrogen-bond acceptors (Lipinski definition) is 1. The maximum absolute atomic E-state index is 9.92. The van der Waals surface area contributed by atoms with Crippen LogP contribution in [-0.2, 0) is 0 Å². The van der Waals surface area contributed by atoms with Gasteiger partial charge in [-0.3, -0.25) is 0 Å². The molecule has 86 valence electrons. The van der Waals surface area contributed by atoms with Gasteiger partial charge in [-0.15, -0.1) is 0 Å². The van der Waals surface area contributed by atoms with Crippen LogP contribution in [-0.4, -0.2) is 10.7 Å². The lowest BCUT2D eigenvalue weighted by molar-refractivity contribution is 0.0386. The molecule has 0 aliphatic rings. The second kappa shape index (κ2) is 8.28. The molecule has 0 spiro atoms. The van der Waals surface area contributed by atoms with E-state index in [1.807, 2.05) is 6.92 Å². The third-order valence-electron chi connectivity index (χ3n) is 2.86. The van der Waals surface area contributed by atoms with E-state index in [1.54, 1.807) is 0 Å². The molecule has 1 atom stereocenters. The maximum Gasteiger partial charge on any atom is 0.0619 e. The summed E-state index contributed by atoms with van der Waals surface area (Å²) in [5.74, 6) is 0. The van der Waals surface area contributed by atoms with Gasteiger partial charge in [-0.2, -0.15) is 0 Å². The summed E-state index contributed by atoms with van der Waals surface area (Å²) in [5.41, 5.74) is -0.403. The molecule has 0 aromatic heterocycles. The zero-order chi connectivity index (χ0) is 10.9. The third kappa shape index (κ3) is 8.55. The summed E-state index contributed by atoms with van der Waals surface area (Å²) >= 11 is 0. The highest BCUT2D eigenvalue weighted by atomic mass is 16.3. The van der Waals surface area contributed by atoms with E-state index in [4.69, 9.17) is 0 Å². The predicted molar refractivity (Wildman–Crippen MR) is 63.5 cm³/mol. The van der Waals surface area contributed by atoms with Gasteiger partial charge in [0, 0.05) is 0 Å². The zero-order valence-electron chi connectivity index (χ0n) is 10.3. The van der Waals surface area contributed by atoms with Crippen molar-refractivity contribution < 1.29 is 5.11 Å². The Morgan fingerprint density at radius 1 is 0.786 bits per heavy atom. The van der Waals surface area contributed by atoms with E-state index in [1.165, 1.54) is 38.5 Å². The van der Waals surface area contributed by atoms with Crippen LogP contribution in [0, 0.1) is 0 Å². The lowest BCUT2D eigenvalue weighted by Crippen LogP contribution is -2.23. The lowest BCUT2D eigenvalue weighted by Gasteiger charge is -2.22. The standard InChI is InChI=1S/C13H28O/c1-4-6-7-8-9-10-12-13(3,14)11-5-2/h14H,4-12H2,1-3H3. The monoisotopic (exact) mass is 200 g/mol. The molecule has 0 aromatic rings. The molecule has 0 saturated carbocycles. The van der Waals surface area contributed by atoms with Crippen molar-refractivity contribution in [1.82, 2.24) is 0 Å². The normalized spacial score (nSPS) is 15.4. The van der Waals surface area contributed by atoms with E-state index >= 15 is 0 Å². The fourth-order valence-electron chi connectivity index (χ4n) is 1.95. The van der Waals surface area contributed by atoms with E-state index in [2.05, 4.69) is 13.8 Å². The molecule has 0 amide bonds. The molecule has 0 aromatic carbocycles. The first-order valence-corrected chi connectivity index (χ1v) is 6.34. The summed E-state index contributed by atoms with van der Waals surface area (Å²) in [6.07, 6.45) is 10.9. The van der Waals surface area contributed by atoms with Crippen LogP contribution in [0.4, 0.5) is 0 Å². The summed E-state index contributed by atoms with van der Waals surface area (Å²) in [5, 5.41) is 9.92. The Hall–Kier alpha value is -0.0400. The number of rotatable bonds is 9. The van der Waals surface area contributed by atoms with Crippen LogP contribution in [0.2, 0.25) is 0 Å². The Kier molecular flexibility index (Phi) is 8.26. The average Bonchev–Trinajstić information content (AvgIpc) is 2.11. The van der Waals surface area contributed by atoms with Gasteiger partial charge in [0.05, 0.1) is 5.60 Å². The summed E-state index contributed by atoms with van der Waals surface area (Å²) in [6, 6.07) is 0. The predicted octanol–water partition coefficient (Wildman–Crippen LogP) is 4.29. The first-order chi connectivity index (χ1) is 6.62. The van der Waals surface area contributed by atoms with Gasteiger partial charge in [0.15, 0.2) is 0 Å². The quantitative estimate of drug-likeness (QED) is 0.550. The van der Waals surface area contributed by atoms with Gasteiger partial charge in [0.2, 0.25) is 0 Å². The Morgan fingerprint density at radius 2 is 1.36 bits per heavy atom. The van der Waals surface area contributed by atoms with Gasteiger partial charge in [0.1, 0.15) is 0 Å². The van der Waals surface area contributed by atoms with Gasteiger partial charge in [-0.1, -0.05) is 58.8 Å². The van der Waals surface area contributed by atoms with Gasteiger partial charge >= 0.3 is 0 Å². The molecule has 0 radical (unpaired) electrons. The minimum atomic E-state index is -0.403. The molecule has 0 bridgehead atoms. The Bertz CT molecular complexity index is 118. The van der Waals surface area contributed by atoms with Crippen molar-refractivity contribution in [2.24, 2.45) is 0 Å². The molecular formula is C13H28O. The minimum absolute atomic E-state index is 0.403. The second-order valence-electron chi connectivity index (χ2n) is 4.76. The van der Waals surface area contributed by atoms with Gasteiger partial charge < -0.3 is 5.11 Å². The van der Waals surface area contributed by atoms with Crippen molar-refractivity contribution in [2.45, 2.75) is 84.2 Å². The highest BCUT2D eigenvalue weighted by Gasteiger charge is 2.17. The van der Waals surface area contributed by atoms with Crippen molar-refractivity contribution in [3.8, 4) is 0 Å². The smallest absolute Gasteiger partial charge is 0.0619 e. The molecule has 1 N–H and O–H groups in total.